The van der Waals surface area contributed by atoms with Gasteiger partial charge in [0.2, 0.25) is 0 Å². The van der Waals surface area contributed by atoms with E-state index in [0.717, 1.165) is 0 Å². The molecule has 3 aromatic rings. The predicted molar refractivity (Wildman–Crippen MR) is 104 cm³/mol. The number of benzene rings is 1. The van der Waals surface area contributed by atoms with Crippen molar-refractivity contribution in [3.8, 4) is 0 Å². The van der Waals surface area contributed by atoms with Crippen molar-refractivity contribution >= 4 is 23.2 Å². The predicted octanol–water partition coefficient (Wildman–Crippen LogP) is 3.16. The highest BCUT2D eigenvalue weighted by molar-refractivity contribution is 5.94. The normalized spacial score (nSPS) is 14.0. The van der Waals surface area contributed by atoms with Gasteiger partial charge < -0.3 is 19.5 Å². The molecule has 0 bridgehead atoms. The molecule has 0 atom stereocenters. The van der Waals surface area contributed by atoms with Crippen molar-refractivity contribution in [1.82, 2.24) is 14.8 Å². The van der Waals surface area contributed by atoms with E-state index in [9.17, 15) is 14.0 Å². The van der Waals surface area contributed by atoms with Gasteiger partial charge in [0.05, 0.1) is 18.1 Å². The maximum Gasteiger partial charge on any atom is 0.289 e. The number of halogens is 1. The average Bonchev–Trinajstić information content (AvgIpc) is 3.28. The minimum atomic E-state index is -0.334. The number of piperazine rings is 1. The number of rotatable bonds is 4. The highest BCUT2D eigenvalue weighted by Gasteiger charge is 2.27. The number of furan rings is 1. The molecule has 8 heteroatoms. The molecule has 0 unspecified atom stereocenters. The largest absolute Gasteiger partial charge is 0.459 e. The van der Waals surface area contributed by atoms with Gasteiger partial charge in [-0.05, 0) is 42.5 Å². The fraction of sp³-hybridized carbons (Fsp3) is 0.190. The zero-order chi connectivity index (χ0) is 20.2. The number of carbonyl (C=O) groups excluding carboxylic acids is 2. The summed E-state index contributed by atoms with van der Waals surface area (Å²) in [6.07, 6.45) is 3.00. The summed E-state index contributed by atoms with van der Waals surface area (Å²) in [6, 6.07) is 12.8. The molecule has 2 aromatic heterocycles. The van der Waals surface area contributed by atoms with E-state index in [4.69, 9.17) is 4.42 Å². The van der Waals surface area contributed by atoms with Gasteiger partial charge in [0, 0.05) is 31.9 Å². The molecule has 2 amide bonds. The molecular formula is C21H19FN4O3. The molecule has 1 saturated heterocycles. The molecule has 1 fully saturated rings. The van der Waals surface area contributed by atoms with Crippen molar-refractivity contribution in [2.75, 3.05) is 31.5 Å². The molecule has 1 aromatic carbocycles. The number of anilines is 2. The number of hydrogen-bond donors (Lipinski definition) is 1. The lowest BCUT2D eigenvalue weighted by Gasteiger charge is -2.34. The molecule has 29 heavy (non-hydrogen) atoms. The Morgan fingerprint density at radius 3 is 2.31 bits per heavy atom. The fourth-order valence-corrected chi connectivity index (χ4v) is 3.16. The first-order valence-corrected chi connectivity index (χ1v) is 9.21. The Hall–Kier alpha value is -3.68. The van der Waals surface area contributed by atoms with Crippen molar-refractivity contribution in [2.45, 2.75) is 0 Å². The van der Waals surface area contributed by atoms with Crippen LogP contribution in [0.3, 0.4) is 0 Å². The minimum Gasteiger partial charge on any atom is -0.459 e. The van der Waals surface area contributed by atoms with Crippen LogP contribution in [0.5, 0.6) is 0 Å². The first-order chi connectivity index (χ1) is 14.1. The lowest BCUT2D eigenvalue weighted by molar-refractivity contribution is 0.0515. The quantitative estimate of drug-likeness (QED) is 0.735. The van der Waals surface area contributed by atoms with E-state index in [1.54, 1.807) is 46.2 Å². The Morgan fingerprint density at radius 1 is 0.931 bits per heavy atom. The third-order valence-corrected chi connectivity index (χ3v) is 4.68. The number of amides is 2. The molecular weight excluding hydrogens is 375 g/mol. The van der Waals surface area contributed by atoms with Crippen molar-refractivity contribution in [2.24, 2.45) is 0 Å². The van der Waals surface area contributed by atoms with Crippen molar-refractivity contribution < 1.29 is 18.4 Å². The third-order valence-electron chi connectivity index (χ3n) is 4.68. The lowest BCUT2D eigenvalue weighted by Crippen LogP contribution is -2.50. The first kappa shape index (κ1) is 18.7. The second kappa shape index (κ2) is 8.14. The van der Waals surface area contributed by atoms with Crippen molar-refractivity contribution in [1.29, 1.82) is 0 Å². The lowest BCUT2D eigenvalue weighted by atomic mass is 10.2. The molecule has 0 saturated carbocycles. The zero-order valence-corrected chi connectivity index (χ0v) is 15.5. The smallest absolute Gasteiger partial charge is 0.289 e. The molecule has 1 N–H and O–H groups in total. The summed E-state index contributed by atoms with van der Waals surface area (Å²) >= 11 is 0. The molecule has 1 aliphatic rings. The summed E-state index contributed by atoms with van der Waals surface area (Å²) in [4.78, 5) is 32.6. The van der Waals surface area contributed by atoms with Crippen LogP contribution in [-0.2, 0) is 0 Å². The Labute approximate surface area is 166 Å². The van der Waals surface area contributed by atoms with Crippen LogP contribution in [0.1, 0.15) is 21.0 Å². The van der Waals surface area contributed by atoms with Crippen LogP contribution >= 0.6 is 0 Å². The number of nitrogens with one attached hydrogen (secondary N) is 1. The Kier molecular flexibility index (Phi) is 5.24. The molecule has 1 aliphatic heterocycles. The Balaban J connectivity index is 1.34. The van der Waals surface area contributed by atoms with Gasteiger partial charge in [-0.2, -0.15) is 0 Å². The molecule has 4 rings (SSSR count). The van der Waals surface area contributed by atoms with E-state index in [2.05, 4.69) is 10.3 Å². The van der Waals surface area contributed by atoms with Gasteiger partial charge in [-0.1, -0.05) is 6.07 Å². The van der Waals surface area contributed by atoms with Crippen LogP contribution in [0.4, 0.5) is 15.8 Å². The maximum atomic E-state index is 13.3. The van der Waals surface area contributed by atoms with Gasteiger partial charge in [0.1, 0.15) is 11.5 Å². The van der Waals surface area contributed by atoms with Crippen LogP contribution in [0.15, 0.2) is 65.4 Å². The molecule has 148 valence electrons. The summed E-state index contributed by atoms with van der Waals surface area (Å²) in [5, 5.41) is 3.04. The van der Waals surface area contributed by atoms with E-state index in [0.29, 0.717) is 49.0 Å². The van der Waals surface area contributed by atoms with Crippen molar-refractivity contribution in [3.05, 3.63) is 78.3 Å². The van der Waals surface area contributed by atoms with Crippen LogP contribution in [0, 0.1) is 5.82 Å². The fourth-order valence-electron chi connectivity index (χ4n) is 3.16. The molecule has 0 aliphatic carbocycles. The van der Waals surface area contributed by atoms with E-state index in [1.807, 2.05) is 0 Å². The first-order valence-electron chi connectivity index (χ1n) is 9.21. The Bertz CT molecular complexity index is 997. The summed E-state index contributed by atoms with van der Waals surface area (Å²) < 4.78 is 18.4. The number of hydrogen-bond acceptors (Lipinski definition) is 5. The van der Waals surface area contributed by atoms with Gasteiger partial charge >= 0.3 is 0 Å². The second-order valence-corrected chi connectivity index (χ2v) is 6.63. The standard InChI is InChI=1S/C21H19FN4O3/c22-15-3-1-4-16(13-15)24-17-6-7-18(23-14-17)20(27)25-8-10-26(11-9-25)21(28)19-5-2-12-29-19/h1-7,12-14,24H,8-11H2. The highest BCUT2D eigenvalue weighted by Crippen LogP contribution is 2.18. The van der Waals surface area contributed by atoms with Crippen LogP contribution < -0.4 is 5.32 Å². The third kappa shape index (κ3) is 4.26. The van der Waals surface area contributed by atoms with Crippen LogP contribution in [0.25, 0.3) is 0 Å². The summed E-state index contributed by atoms with van der Waals surface area (Å²) in [5.74, 6) is -0.396. The van der Waals surface area contributed by atoms with E-state index < -0.39 is 0 Å². The van der Waals surface area contributed by atoms with E-state index in [-0.39, 0.29) is 17.6 Å². The van der Waals surface area contributed by atoms with Gasteiger partial charge in [0.25, 0.3) is 11.8 Å². The number of pyridine rings is 1. The zero-order valence-electron chi connectivity index (χ0n) is 15.5. The maximum absolute atomic E-state index is 13.3. The topological polar surface area (TPSA) is 78.7 Å². The van der Waals surface area contributed by atoms with E-state index in [1.165, 1.54) is 24.6 Å². The van der Waals surface area contributed by atoms with E-state index >= 15 is 0 Å². The van der Waals surface area contributed by atoms with Gasteiger partial charge in [-0.15, -0.1) is 0 Å². The molecule has 3 heterocycles. The summed E-state index contributed by atoms with van der Waals surface area (Å²) in [7, 11) is 0. The van der Waals surface area contributed by atoms with Crippen molar-refractivity contribution in [3.63, 3.8) is 0 Å². The summed E-state index contributed by atoms with van der Waals surface area (Å²) in [5.41, 5.74) is 1.57. The SMILES string of the molecule is O=C(c1ccc(Nc2cccc(F)c2)cn1)N1CCN(C(=O)c2ccco2)CC1. The number of aromatic nitrogens is 1. The number of nitrogens with zero attached hydrogens (tertiary/aromatic N) is 3. The molecule has 0 spiro atoms. The van der Waals surface area contributed by atoms with Gasteiger partial charge in [0.15, 0.2) is 5.76 Å². The number of carbonyl (C=O) groups is 2. The average molecular weight is 394 g/mol. The summed E-state index contributed by atoms with van der Waals surface area (Å²) in [6.45, 7) is 1.72. The van der Waals surface area contributed by atoms with Crippen LogP contribution in [-0.4, -0.2) is 52.8 Å². The van der Waals surface area contributed by atoms with Crippen LogP contribution in [0.2, 0.25) is 0 Å². The monoisotopic (exact) mass is 394 g/mol. The Morgan fingerprint density at radius 2 is 1.69 bits per heavy atom. The second-order valence-electron chi connectivity index (χ2n) is 6.63. The minimum absolute atomic E-state index is 0.173. The van der Waals surface area contributed by atoms with Gasteiger partial charge in [-0.25, -0.2) is 9.37 Å². The molecule has 0 radical (unpaired) electrons. The molecule has 7 nitrogen and oxygen atoms in total. The highest BCUT2D eigenvalue weighted by atomic mass is 19.1. The van der Waals surface area contributed by atoms with Gasteiger partial charge in [-0.3, -0.25) is 9.59 Å².